The van der Waals surface area contributed by atoms with E-state index in [2.05, 4.69) is 18.7 Å². The summed E-state index contributed by atoms with van der Waals surface area (Å²) >= 11 is 0. The number of carbonyl (C=O) groups is 1. The monoisotopic (exact) mass is 429 g/mol. The second-order valence-electron chi connectivity index (χ2n) is 12.5. The molecule has 5 fully saturated rings. The van der Waals surface area contributed by atoms with Crippen LogP contribution >= 0.6 is 0 Å². The molecule has 1 saturated heterocycles. The minimum absolute atomic E-state index is 0.0380. The molecule has 0 aromatic rings. The van der Waals surface area contributed by atoms with E-state index >= 15 is 0 Å². The maximum Gasteiger partial charge on any atom is 0.139 e. The van der Waals surface area contributed by atoms with Crippen molar-refractivity contribution in [3.8, 4) is 0 Å². The molecule has 1 aliphatic heterocycles. The highest BCUT2D eigenvalue weighted by atomic mass is 16.5. The number of nitrogens with zero attached hydrogens (tertiary/aromatic N) is 1. The molecule has 4 aliphatic carbocycles. The maximum atomic E-state index is 12.6. The first kappa shape index (κ1) is 22.4. The summed E-state index contributed by atoms with van der Waals surface area (Å²) in [6, 6.07) is 0. The molecular weight excluding hydrogens is 382 g/mol. The molecule has 4 saturated carbocycles. The van der Waals surface area contributed by atoms with E-state index in [1.54, 1.807) is 0 Å². The SMILES string of the molecule is CC12CCC3C(CCC4CC(CCCOCCN5CCCC5)CCC43C)C1CCC2=O. The molecule has 0 bridgehead atoms. The standard InChI is InChI=1S/C28H47NO2/c1-27-13-11-21(6-5-18-31-19-17-29-15-3-4-16-29)20-22(27)7-8-23-24-9-10-26(30)28(24,2)14-12-25(23)27/h21-25H,3-20H2,1-2H3. The largest absolute Gasteiger partial charge is 0.380 e. The van der Waals surface area contributed by atoms with Crippen LogP contribution in [0.2, 0.25) is 0 Å². The molecule has 31 heavy (non-hydrogen) atoms. The third-order valence-corrected chi connectivity index (χ3v) is 11.1. The predicted molar refractivity (Wildman–Crippen MR) is 126 cm³/mol. The molecule has 5 rings (SSSR count). The van der Waals surface area contributed by atoms with Crippen molar-refractivity contribution >= 4 is 5.78 Å². The lowest BCUT2D eigenvalue weighted by Crippen LogP contribution is -2.53. The van der Waals surface area contributed by atoms with Crippen LogP contribution in [-0.4, -0.2) is 43.5 Å². The Morgan fingerprint density at radius 2 is 1.81 bits per heavy atom. The van der Waals surface area contributed by atoms with Gasteiger partial charge in [0.2, 0.25) is 0 Å². The number of Topliss-reactive ketones (excluding diaryl/α,β-unsaturated/α-hetero) is 1. The van der Waals surface area contributed by atoms with Crippen LogP contribution in [0.3, 0.4) is 0 Å². The van der Waals surface area contributed by atoms with E-state index < -0.39 is 0 Å². The second kappa shape index (κ2) is 9.09. The number of ketones is 1. The van der Waals surface area contributed by atoms with Crippen LogP contribution in [0, 0.1) is 40.4 Å². The fraction of sp³-hybridized carbons (Fsp3) is 0.964. The third kappa shape index (κ3) is 4.16. The summed E-state index contributed by atoms with van der Waals surface area (Å²) in [5.41, 5.74) is 0.592. The average molecular weight is 430 g/mol. The van der Waals surface area contributed by atoms with Gasteiger partial charge in [-0.3, -0.25) is 4.79 Å². The van der Waals surface area contributed by atoms with Gasteiger partial charge < -0.3 is 9.64 Å². The molecule has 0 aromatic heterocycles. The molecule has 176 valence electrons. The molecular formula is C28H47NO2. The highest BCUT2D eigenvalue weighted by Crippen LogP contribution is 2.66. The molecule has 1 heterocycles. The Morgan fingerprint density at radius 3 is 2.65 bits per heavy atom. The molecule has 7 atom stereocenters. The minimum atomic E-state index is 0.0380. The zero-order valence-electron chi connectivity index (χ0n) is 20.4. The molecule has 3 nitrogen and oxygen atoms in total. The number of rotatable bonds is 7. The maximum absolute atomic E-state index is 12.6. The number of fused-ring (bicyclic) bond motifs is 5. The van der Waals surface area contributed by atoms with Gasteiger partial charge in [0, 0.05) is 25.0 Å². The van der Waals surface area contributed by atoms with Crippen LogP contribution < -0.4 is 0 Å². The highest BCUT2D eigenvalue weighted by molar-refractivity contribution is 5.87. The summed E-state index contributed by atoms with van der Waals surface area (Å²) in [5, 5.41) is 0. The van der Waals surface area contributed by atoms with Crippen molar-refractivity contribution in [3.63, 3.8) is 0 Å². The van der Waals surface area contributed by atoms with Gasteiger partial charge in [0.1, 0.15) is 5.78 Å². The Balaban J connectivity index is 1.08. The van der Waals surface area contributed by atoms with E-state index in [4.69, 9.17) is 4.74 Å². The lowest BCUT2D eigenvalue weighted by atomic mass is 9.44. The molecule has 5 aliphatic rings. The summed E-state index contributed by atoms with van der Waals surface area (Å²) in [6.07, 6.45) is 17.1. The van der Waals surface area contributed by atoms with Gasteiger partial charge in [-0.1, -0.05) is 13.8 Å². The fourth-order valence-corrected chi connectivity index (χ4v) is 9.16. The smallest absolute Gasteiger partial charge is 0.139 e. The van der Waals surface area contributed by atoms with Gasteiger partial charge in [-0.25, -0.2) is 0 Å². The van der Waals surface area contributed by atoms with Gasteiger partial charge in [0.25, 0.3) is 0 Å². The number of hydrogen-bond donors (Lipinski definition) is 0. The molecule has 0 aromatic carbocycles. The van der Waals surface area contributed by atoms with Gasteiger partial charge in [-0.2, -0.15) is 0 Å². The second-order valence-corrected chi connectivity index (χ2v) is 12.5. The van der Waals surface area contributed by atoms with Crippen molar-refractivity contribution in [1.29, 1.82) is 0 Å². The van der Waals surface area contributed by atoms with Gasteiger partial charge >= 0.3 is 0 Å². The number of ether oxygens (including phenoxy) is 1. The summed E-state index contributed by atoms with van der Waals surface area (Å²) in [5.74, 6) is 4.89. The summed E-state index contributed by atoms with van der Waals surface area (Å²) in [7, 11) is 0. The normalized spacial score (nSPS) is 45.4. The molecule has 0 radical (unpaired) electrons. The van der Waals surface area contributed by atoms with Crippen LogP contribution in [0.1, 0.15) is 97.3 Å². The molecule has 0 amide bonds. The van der Waals surface area contributed by atoms with Crippen LogP contribution in [-0.2, 0) is 9.53 Å². The quantitative estimate of drug-likeness (QED) is 0.457. The first-order valence-electron chi connectivity index (χ1n) is 13.8. The van der Waals surface area contributed by atoms with Crippen molar-refractivity contribution < 1.29 is 9.53 Å². The number of carbonyl (C=O) groups excluding carboxylic acids is 1. The summed E-state index contributed by atoms with van der Waals surface area (Å²) in [4.78, 5) is 15.2. The van der Waals surface area contributed by atoms with Crippen molar-refractivity contribution in [2.75, 3.05) is 32.8 Å². The Kier molecular flexibility index (Phi) is 6.56. The Hall–Kier alpha value is -0.410. The topological polar surface area (TPSA) is 29.5 Å². The van der Waals surface area contributed by atoms with E-state index in [0.717, 1.165) is 49.9 Å². The molecule has 7 unspecified atom stereocenters. The van der Waals surface area contributed by atoms with Gasteiger partial charge in [0.05, 0.1) is 6.61 Å². The van der Waals surface area contributed by atoms with E-state index in [0.29, 0.717) is 17.1 Å². The lowest BCUT2D eigenvalue weighted by molar-refractivity contribution is -0.140. The Labute approximate surface area is 191 Å². The zero-order chi connectivity index (χ0) is 21.5. The van der Waals surface area contributed by atoms with E-state index in [-0.39, 0.29) is 5.41 Å². The van der Waals surface area contributed by atoms with Crippen molar-refractivity contribution in [2.45, 2.75) is 97.3 Å². The van der Waals surface area contributed by atoms with Crippen molar-refractivity contribution in [2.24, 2.45) is 40.4 Å². The fourth-order valence-electron chi connectivity index (χ4n) is 9.16. The van der Waals surface area contributed by atoms with Crippen LogP contribution in [0.5, 0.6) is 0 Å². The van der Waals surface area contributed by atoms with Crippen LogP contribution in [0.25, 0.3) is 0 Å². The van der Waals surface area contributed by atoms with Gasteiger partial charge in [0.15, 0.2) is 0 Å². The molecule has 0 N–H and O–H groups in total. The highest BCUT2D eigenvalue weighted by Gasteiger charge is 2.60. The average Bonchev–Trinajstić information content (AvgIpc) is 3.38. The minimum Gasteiger partial charge on any atom is -0.380 e. The first-order chi connectivity index (χ1) is 15.0. The van der Waals surface area contributed by atoms with Crippen LogP contribution in [0.4, 0.5) is 0 Å². The zero-order valence-corrected chi connectivity index (χ0v) is 20.4. The molecule has 0 spiro atoms. The lowest BCUT2D eigenvalue weighted by Gasteiger charge is -2.60. The van der Waals surface area contributed by atoms with E-state index in [9.17, 15) is 4.79 Å². The number of likely N-dealkylation sites (tertiary alicyclic amines) is 1. The van der Waals surface area contributed by atoms with E-state index in [1.807, 2.05) is 0 Å². The van der Waals surface area contributed by atoms with E-state index in [1.165, 1.54) is 90.1 Å². The summed E-state index contributed by atoms with van der Waals surface area (Å²) < 4.78 is 5.97. The summed E-state index contributed by atoms with van der Waals surface area (Å²) in [6.45, 7) is 10.6. The van der Waals surface area contributed by atoms with Crippen LogP contribution in [0.15, 0.2) is 0 Å². The Morgan fingerprint density at radius 1 is 0.968 bits per heavy atom. The van der Waals surface area contributed by atoms with Gasteiger partial charge in [-0.05, 0) is 125 Å². The third-order valence-electron chi connectivity index (χ3n) is 11.1. The molecule has 3 heteroatoms. The van der Waals surface area contributed by atoms with Gasteiger partial charge in [-0.15, -0.1) is 0 Å². The predicted octanol–water partition coefficient (Wildman–Crippen LogP) is 6.11. The van der Waals surface area contributed by atoms with Crippen molar-refractivity contribution in [1.82, 2.24) is 4.90 Å². The Bertz CT molecular complexity index is 643. The number of hydrogen-bond acceptors (Lipinski definition) is 3. The van der Waals surface area contributed by atoms with Crippen molar-refractivity contribution in [3.05, 3.63) is 0 Å². The first-order valence-corrected chi connectivity index (χ1v) is 13.8.